The Balaban J connectivity index is 2.50. The minimum Gasteiger partial charge on any atom is -0.205 e. The van der Waals surface area contributed by atoms with Crippen molar-refractivity contribution in [3.63, 3.8) is 0 Å². The lowest BCUT2D eigenvalue weighted by molar-refractivity contribution is -0.140. The maximum atomic E-state index is 15.8. The first-order valence-electron chi connectivity index (χ1n) is 13.3. The molecule has 1 aliphatic carbocycles. The van der Waals surface area contributed by atoms with Crippen LogP contribution in [0.1, 0.15) is 55.6 Å². The minimum absolute atomic E-state index is 0.811. The zero-order chi connectivity index (χ0) is 40.7. The van der Waals surface area contributed by atoms with Crippen LogP contribution in [-0.2, 0) is 6.18 Å². The molecule has 0 N–H and O–H groups in total. The second-order valence-electron chi connectivity index (χ2n) is 10.0. The van der Waals surface area contributed by atoms with Crippen LogP contribution in [0.2, 0.25) is 0 Å². The largest absolute Gasteiger partial charge is 0.420 e. The van der Waals surface area contributed by atoms with Crippen LogP contribution in [0.4, 0.5) is 48.3 Å². The van der Waals surface area contributed by atoms with Crippen molar-refractivity contribution < 1.29 is 48.3 Å². The average Bonchev–Trinajstić information content (AvgIpc) is 3.85. The molecule has 0 aromatic heterocycles. The normalized spacial score (nSPS) is 13.3. The fourth-order valence-corrected chi connectivity index (χ4v) is 5.23. The summed E-state index contributed by atoms with van der Waals surface area (Å²) in [7, 11) is 0. The van der Waals surface area contributed by atoms with Crippen molar-refractivity contribution in [3.8, 4) is 54.6 Å². The van der Waals surface area contributed by atoms with E-state index in [0.29, 0.717) is 0 Å². The summed E-state index contributed by atoms with van der Waals surface area (Å²) in [6, 6.07) is 8.46. The number of benzene rings is 3. The summed E-state index contributed by atoms with van der Waals surface area (Å²) in [5.74, 6) is -19.4. The third kappa shape index (κ3) is 5.33. The summed E-state index contributed by atoms with van der Waals surface area (Å²) in [6.07, 6.45) is -6.10. The lowest BCUT2D eigenvalue weighted by atomic mass is 9.91. The number of rotatable bonds is 3. The molecule has 258 valence electrons. The Labute approximate surface area is 292 Å². The summed E-state index contributed by atoms with van der Waals surface area (Å²) in [5, 5.41) is 85.6. The molecule has 1 aliphatic rings. The number of allylic oxidation sites excluding steroid dienone is 6. The van der Waals surface area contributed by atoms with Crippen LogP contribution in [0.5, 0.6) is 0 Å². The molecule has 3 aromatic rings. The van der Waals surface area contributed by atoms with E-state index in [1.54, 1.807) is 0 Å². The number of nitriles is 9. The maximum Gasteiger partial charge on any atom is 0.420 e. The molecule has 0 radical (unpaired) electrons. The number of hydrogen-bond acceptors (Lipinski definition) is 9. The Kier molecular flexibility index (Phi) is 9.71. The van der Waals surface area contributed by atoms with Gasteiger partial charge in [0.1, 0.15) is 93.6 Å². The lowest BCUT2D eigenvalue weighted by Crippen LogP contribution is -2.17. The lowest BCUT2D eigenvalue weighted by Gasteiger charge is -2.16. The number of hydrogen-bond donors (Lipinski definition) is 0. The summed E-state index contributed by atoms with van der Waals surface area (Å²) in [5.41, 5.74) is -29.1. The molecule has 0 amide bonds. The average molecular weight is 743 g/mol. The van der Waals surface area contributed by atoms with Crippen molar-refractivity contribution in [3.05, 3.63) is 119 Å². The molecule has 0 unspecified atom stereocenters. The van der Waals surface area contributed by atoms with Crippen LogP contribution in [0, 0.1) is 149 Å². The second-order valence-corrected chi connectivity index (χ2v) is 10.0. The third-order valence-corrected chi connectivity index (χ3v) is 7.50. The molecule has 20 heteroatoms. The van der Waals surface area contributed by atoms with Crippen LogP contribution in [0.25, 0.3) is 16.7 Å². The molecule has 0 saturated heterocycles. The van der Waals surface area contributed by atoms with Crippen molar-refractivity contribution in [2.45, 2.75) is 6.18 Å². The maximum absolute atomic E-state index is 15.8. The van der Waals surface area contributed by atoms with E-state index in [1.807, 2.05) is 0 Å². The summed E-state index contributed by atoms with van der Waals surface area (Å²) in [4.78, 5) is 0. The van der Waals surface area contributed by atoms with Gasteiger partial charge in [-0.25, -0.2) is 35.1 Å². The van der Waals surface area contributed by atoms with Gasteiger partial charge in [-0.2, -0.15) is 60.5 Å². The van der Waals surface area contributed by atoms with E-state index < -0.39 is 142 Å². The van der Waals surface area contributed by atoms with Gasteiger partial charge in [0.15, 0.2) is 46.5 Å². The zero-order valence-corrected chi connectivity index (χ0v) is 25.2. The van der Waals surface area contributed by atoms with Crippen LogP contribution in [-0.4, -0.2) is 0 Å². The van der Waals surface area contributed by atoms with Crippen molar-refractivity contribution in [1.82, 2.24) is 0 Å². The van der Waals surface area contributed by atoms with E-state index in [2.05, 4.69) is 0 Å². The molecule has 9 nitrogen and oxygen atoms in total. The molecule has 3 aromatic carbocycles. The molecule has 4 rings (SSSR count). The minimum atomic E-state index is -6.10. The van der Waals surface area contributed by atoms with Gasteiger partial charge in [-0.3, -0.25) is 0 Å². The molecule has 0 bridgehead atoms. The van der Waals surface area contributed by atoms with Crippen LogP contribution in [0.3, 0.4) is 0 Å². The molecule has 1 fully saturated rings. The number of alkyl halides is 3. The van der Waals surface area contributed by atoms with Crippen molar-refractivity contribution in [2.24, 2.45) is 0 Å². The number of halogens is 11. The van der Waals surface area contributed by atoms with E-state index in [9.17, 15) is 58.8 Å². The number of nitrogens with zero attached hydrogens (tertiary/aromatic N) is 9. The van der Waals surface area contributed by atoms with Gasteiger partial charge in [0.05, 0.1) is 27.8 Å². The van der Waals surface area contributed by atoms with Gasteiger partial charge >= 0.3 is 6.18 Å². The quantitative estimate of drug-likeness (QED) is 0.149. The third-order valence-electron chi connectivity index (χ3n) is 7.50. The smallest absolute Gasteiger partial charge is 0.205 e. The Morgan fingerprint density at radius 2 is 0.574 bits per heavy atom. The molecule has 0 atom stereocenters. The molecule has 0 aliphatic heterocycles. The van der Waals surface area contributed by atoms with Gasteiger partial charge < -0.3 is 0 Å². The predicted molar refractivity (Wildman–Crippen MR) is 150 cm³/mol. The van der Waals surface area contributed by atoms with E-state index >= 15 is 26.3 Å². The van der Waals surface area contributed by atoms with Gasteiger partial charge in [-0.15, -0.1) is 0 Å². The standard InChI is InChI=1S/C34F11N9/c35-26-10(1-46)13(4-49)29(38)25(34(43,44)45)22(26)16(7-52)19-20(17(8-53)23-27(36)11(2-47)14(5-50)30(39)32(23)41)21(19)18(9-54)24-28(37)12(3-48)15(6-51)31(40)33(24)42. The Hall–Kier alpha value is -8.48. The topological polar surface area (TPSA) is 214 Å². The molecule has 54 heavy (non-hydrogen) atoms. The van der Waals surface area contributed by atoms with Gasteiger partial charge in [-0.1, -0.05) is 0 Å². The van der Waals surface area contributed by atoms with Gasteiger partial charge in [0.25, 0.3) is 0 Å². The molecule has 0 spiro atoms. The highest BCUT2D eigenvalue weighted by atomic mass is 19.4. The fourth-order valence-electron chi connectivity index (χ4n) is 5.23. The molecule has 0 heterocycles. The van der Waals surface area contributed by atoms with Crippen LogP contribution in [0.15, 0.2) is 16.7 Å². The highest BCUT2D eigenvalue weighted by Gasteiger charge is 2.49. The molecular formula is C34F11N9. The van der Waals surface area contributed by atoms with E-state index in [4.69, 9.17) is 10.5 Å². The first-order valence-corrected chi connectivity index (χ1v) is 13.3. The Bertz CT molecular complexity index is 2710. The second kappa shape index (κ2) is 13.7. The van der Waals surface area contributed by atoms with Crippen molar-refractivity contribution in [1.29, 1.82) is 47.4 Å². The van der Waals surface area contributed by atoms with Crippen LogP contribution >= 0.6 is 0 Å². The Morgan fingerprint density at radius 3 is 0.833 bits per heavy atom. The SMILES string of the molecule is N#CC(=C1C(=C(C#N)c2c(F)c(F)c(C#N)c(C#N)c2F)C1=C(C#N)c1c(F)c(C#N)c(C#N)c(F)c1C(F)(F)F)c1c(F)c(F)c(C#N)c(C#N)c1F. The molecular weight excluding hydrogens is 743 g/mol. The summed E-state index contributed by atoms with van der Waals surface area (Å²) < 4.78 is 166. The van der Waals surface area contributed by atoms with Crippen molar-refractivity contribution >= 4 is 16.7 Å². The van der Waals surface area contributed by atoms with Gasteiger partial charge in [-0.05, 0) is 0 Å². The first kappa shape index (κ1) is 38.3. The zero-order valence-electron chi connectivity index (χ0n) is 25.2. The summed E-state index contributed by atoms with van der Waals surface area (Å²) in [6.45, 7) is 0. The predicted octanol–water partition coefficient (Wildman–Crippen LogP) is 7.29. The monoisotopic (exact) mass is 743 g/mol. The van der Waals surface area contributed by atoms with E-state index in [1.165, 1.54) is 0 Å². The molecule has 1 saturated carbocycles. The highest BCUT2D eigenvalue weighted by molar-refractivity contribution is 6.12. The Morgan fingerprint density at radius 1 is 0.333 bits per heavy atom. The van der Waals surface area contributed by atoms with E-state index in [-0.39, 0.29) is 0 Å². The summed E-state index contributed by atoms with van der Waals surface area (Å²) >= 11 is 0. The van der Waals surface area contributed by atoms with Crippen LogP contribution < -0.4 is 0 Å². The van der Waals surface area contributed by atoms with Gasteiger partial charge in [0.2, 0.25) is 0 Å². The van der Waals surface area contributed by atoms with Crippen molar-refractivity contribution in [2.75, 3.05) is 0 Å². The first-order chi connectivity index (χ1) is 25.4. The highest BCUT2D eigenvalue weighted by Crippen LogP contribution is 2.58. The van der Waals surface area contributed by atoms with E-state index in [0.717, 1.165) is 54.6 Å². The van der Waals surface area contributed by atoms with Gasteiger partial charge in [0, 0.05) is 22.3 Å². The fraction of sp³-hybridized carbons (Fsp3) is 0.0294.